The van der Waals surface area contributed by atoms with E-state index in [2.05, 4.69) is 20.9 Å². The fourth-order valence-corrected chi connectivity index (χ4v) is 5.54. The van der Waals surface area contributed by atoms with Gasteiger partial charge in [0.25, 0.3) is 5.56 Å². The second-order valence-corrected chi connectivity index (χ2v) is 10.2. The molecule has 0 saturated heterocycles. The van der Waals surface area contributed by atoms with Crippen LogP contribution in [0.4, 0.5) is 0 Å². The maximum absolute atomic E-state index is 13.7. The smallest absolute Gasteiger partial charge is 0.338 e. The van der Waals surface area contributed by atoms with Gasteiger partial charge in [-0.15, -0.1) is 0 Å². The highest BCUT2D eigenvalue weighted by atomic mass is 79.9. The highest BCUT2D eigenvalue weighted by molar-refractivity contribution is 9.10. The Morgan fingerprint density at radius 3 is 2.70 bits per heavy atom. The van der Waals surface area contributed by atoms with Gasteiger partial charge in [-0.1, -0.05) is 51.5 Å². The number of hydrogen-bond donors (Lipinski definition) is 0. The summed E-state index contributed by atoms with van der Waals surface area (Å²) >= 11 is 4.69. The summed E-state index contributed by atoms with van der Waals surface area (Å²) in [5.41, 5.74) is 2.21. The van der Waals surface area contributed by atoms with Crippen LogP contribution >= 0.6 is 27.3 Å². The van der Waals surface area contributed by atoms with Gasteiger partial charge in [0.15, 0.2) is 4.80 Å². The summed E-state index contributed by atoms with van der Waals surface area (Å²) in [6, 6.07) is 18.1. The molecule has 0 bridgehead atoms. The lowest BCUT2D eigenvalue weighted by molar-refractivity contribution is -0.139. The molecule has 1 aliphatic rings. The van der Waals surface area contributed by atoms with Gasteiger partial charge < -0.3 is 13.9 Å². The third kappa shape index (κ3) is 4.84. The van der Waals surface area contributed by atoms with Crippen LogP contribution in [0.3, 0.4) is 0 Å². The molecule has 0 aliphatic carbocycles. The van der Waals surface area contributed by atoms with Crippen molar-refractivity contribution in [3.63, 3.8) is 0 Å². The summed E-state index contributed by atoms with van der Waals surface area (Å²) in [6.07, 6.45) is 1.71. The molecule has 5 rings (SSSR count). The lowest BCUT2D eigenvalue weighted by Gasteiger charge is -2.24. The number of benzene rings is 2. The molecule has 7 nitrogen and oxygen atoms in total. The quantitative estimate of drug-likeness (QED) is 0.306. The number of hydrogen-bond acceptors (Lipinski definition) is 7. The Labute approximate surface area is 225 Å². The lowest BCUT2D eigenvalue weighted by Crippen LogP contribution is -2.39. The van der Waals surface area contributed by atoms with Gasteiger partial charge in [-0.2, -0.15) is 0 Å². The van der Waals surface area contributed by atoms with E-state index in [0.29, 0.717) is 37.9 Å². The third-order valence-electron chi connectivity index (χ3n) is 5.96. The summed E-state index contributed by atoms with van der Waals surface area (Å²) in [5.74, 6) is 1.35. The first-order valence-corrected chi connectivity index (χ1v) is 13.2. The molecule has 4 aromatic rings. The van der Waals surface area contributed by atoms with Gasteiger partial charge in [0.05, 0.1) is 35.6 Å². The molecule has 0 saturated carbocycles. The Morgan fingerprint density at radius 2 is 1.97 bits per heavy atom. The van der Waals surface area contributed by atoms with E-state index in [9.17, 15) is 9.59 Å². The molecule has 0 fully saturated rings. The van der Waals surface area contributed by atoms with Crippen molar-refractivity contribution in [2.75, 3.05) is 13.7 Å². The summed E-state index contributed by atoms with van der Waals surface area (Å²) in [4.78, 5) is 31.8. The van der Waals surface area contributed by atoms with Crippen LogP contribution in [0, 0.1) is 0 Å². The van der Waals surface area contributed by atoms with Gasteiger partial charge in [0, 0.05) is 16.1 Å². The Morgan fingerprint density at radius 1 is 1.19 bits per heavy atom. The fourth-order valence-electron chi connectivity index (χ4n) is 4.25. The number of ether oxygens (including phenoxy) is 2. The summed E-state index contributed by atoms with van der Waals surface area (Å²) in [6.45, 7) is 3.72. The lowest BCUT2D eigenvalue weighted by atomic mass is 9.95. The number of rotatable bonds is 6. The van der Waals surface area contributed by atoms with Gasteiger partial charge in [-0.25, -0.2) is 9.79 Å². The predicted octanol–water partition coefficient (Wildman–Crippen LogP) is 4.83. The predicted molar refractivity (Wildman–Crippen MR) is 145 cm³/mol. The molecule has 1 aliphatic heterocycles. The minimum atomic E-state index is -0.706. The number of carbonyl (C=O) groups is 1. The third-order valence-corrected chi connectivity index (χ3v) is 7.47. The number of thiazole rings is 1. The van der Waals surface area contributed by atoms with E-state index in [1.165, 1.54) is 11.3 Å². The maximum Gasteiger partial charge on any atom is 0.338 e. The minimum absolute atomic E-state index is 0.212. The zero-order chi connectivity index (χ0) is 26.1. The van der Waals surface area contributed by atoms with Crippen LogP contribution in [0.25, 0.3) is 17.4 Å². The summed E-state index contributed by atoms with van der Waals surface area (Å²) < 4.78 is 19.7. The van der Waals surface area contributed by atoms with E-state index in [0.717, 1.165) is 15.6 Å². The molecule has 0 radical (unpaired) electrons. The highest BCUT2D eigenvalue weighted by Crippen LogP contribution is 2.32. The number of nitrogens with zero attached hydrogens (tertiary/aromatic N) is 2. The average molecular weight is 579 g/mol. The molecule has 2 aromatic heterocycles. The van der Waals surface area contributed by atoms with Crippen molar-refractivity contribution in [2.24, 2.45) is 4.99 Å². The molecule has 0 amide bonds. The largest absolute Gasteiger partial charge is 0.497 e. The Balaban J connectivity index is 1.64. The molecule has 2 aromatic carbocycles. The Kier molecular flexibility index (Phi) is 6.99. The van der Waals surface area contributed by atoms with E-state index in [4.69, 9.17) is 13.9 Å². The van der Waals surface area contributed by atoms with Crippen LogP contribution in [0.15, 0.2) is 90.6 Å². The van der Waals surface area contributed by atoms with Crippen LogP contribution in [-0.2, 0) is 9.53 Å². The topological polar surface area (TPSA) is 83.0 Å². The average Bonchev–Trinajstić information content (AvgIpc) is 3.48. The number of carbonyl (C=O) groups excluding carboxylic acids is 1. The van der Waals surface area contributed by atoms with Crippen molar-refractivity contribution >= 4 is 39.3 Å². The maximum atomic E-state index is 13.7. The number of esters is 1. The normalized spacial score (nSPS) is 15.4. The Hall–Kier alpha value is -3.69. The van der Waals surface area contributed by atoms with Crippen molar-refractivity contribution in [3.8, 4) is 17.1 Å². The van der Waals surface area contributed by atoms with Gasteiger partial charge in [-0.05, 0) is 55.8 Å². The van der Waals surface area contributed by atoms with Crippen LogP contribution in [0.2, 0.25) is 0 Å². The van der Waals surface area contributed by atoms with Gasteiger partial charge in [-0.3, -0.25) is 9.36 Å². The van der Waals surface area contributed by atoms with E-state index in [1.807, 2.05) is 60.7 Å². The molecule has 0 N–H and O–H groups in total. The summed E-state index contributed by atoms with van der Waals surface area (Å²) in [7, 11) is 1.57. The van der Waals surface area contributed by atoms with Crippen molar-refractivity contribution < 1.29 is 18.7 Å². The zero-order valence-electron chi connectivity index (χ0n) is 20.4. The van der Waals surface area contributed by atoms with Crippen LogP contribution in [-0.4, -0.2) is 24.3 Å². The van der Waals surface area contributed by atoms with Crippen molar-refractivity contribution in [1.29, 1.82) is 0 Å². The van der Waals surface area contributed by atoms with Gasteiger partial charge >= 0.3 is 5.97 Å². The second kappa shape index (κ2) is 10.4. The van der Waals surface area contributed by atoms with Gasteiger partial charge in [0.2, 0.25) is 0 Å². The first-order valence-electron chi connectivity index (χ1n) is 11.6. The van der Waals surface area contributed by atoms with Gasteiger partial charge in [0.1, 0.15) is 17.3 Å². The SMILES string of the molecule is CCOC(=O)C1=C(C)N=c2s/c(=C\c3ccc(-c4ccc(Br)cc4)o3)c(=O)n2C1c1cccc(OC)c1. The van der Waals surface area contributed by atoms with E-state index in [-0.39, 0.29) is 12.2 Å². The Bertz CT molecular complexity index is 1700. The monoisotopic (exact) mass is 578 g/mol. The van der Waals surface area contributed by atoms with Crippen LogP contribution in [0.5, 0.6) is 5.75 Å². The molecule has 3 heterocycles. The van der Waals surface area contributed by atoms with E-state index >= 15 is 0 Å². The number of fused-ring (bicyclic) bond motifs is 1. The zero-order valence-corrected chi connectivity index (χ0v) is 22.8. The molecule has 188 valence electrons. The van der Waals surface area contributed by atoms with E-state index in [1.54, 1.807) is 31.6 Å². The standard InChI is InChI=1S/C28H23BrN2O5S/c1-4-35-27(33)24-16(2)30-28-31(25(24)18-6-5-7-20(14-18)34-3)26(32)23(37-28)15-21-12-13-22(36-21)17-8-10-19(29)11-9-17/h5-15,25H,4H2,1-3H3/b23-15-. The van der Waals surface area contributed by atoms with Crippen molar-refractivity contribution in [3.05, 3.63) is 107 Å². The molecular formula is C28H23BrN2O5S. The molecule has 1 unspecified atom stereocenters. The molecule has 0 spiro atoms. The number of methoxy groups -OCH3 is 1. The molecule has 37 heavy (non-hydrogen) atoms. The molecule has 1 atom stereocenters. The first kappa shape index (κ1) is 25.0. The summed E-state index contributed by atoms with van der Waals surface area (Å²) in [5, 5.41) is 0. The van der Waals surface area contributed by atoms with E-state index < -0.39 is 12.0 Å². The first-order chi connectivity index (χ1) is 17.9. The number of halogens is 1. The van der Waals surface area contributed by atoms with Crippen LogP contribution < -0.4 is 19.6 Å². The van der Waals surface area contributed by atoms with Crippen molar-refractivity contribution in [2.45, 2.75) is 19.9 Å². The second-order valence-electron chi connectivity index (χ2n) is 8.29. The fraction of sp³-hybridized carbons (Fsp3) is 0.179. The number of allylic oxidation sites excluding steroid dienone is 1. The van der Waals surface area contributed by atoms with Crippen LogP contribution in [0.1, 0.15) is 31.2 Å². The number of furan rings is 1. The minimum Gasteiger partial charge on any atom is -0.497 e. The molecular weight excluding hydrogens is 556 g/mol. The highest BCUT2D eigenvalue weighted by Gasteiger charge is 2.33. The number of aromatic nitrogens is 1. The van der Waals surface area contributed by atoms with Crippen molar-refractivity contribution in [1.82, 2.24) is 4.57 Å². The molecule has 9 heteroatoms.